The molecule has 0 saturated carbocycles. The molecular weight excluding hydrogens is 244 g/mol. The predicted molar refractivity (Wildman–Crippen MR) is 68.4 cm³/mol. The van der Waals surface area contributed by atoms with Crippen LogP contribution in [0.2, 0.25) is 0 Å². The SMILES string of the molecule is Cc1cc(O)cc(Oc2nccn3c(C)nnc23)c1. The maximum Gasteiger partial charge on any atom is 0.265 e. The first kappa shape index (κ1) is 11.5. The van der Waals surface area contributed by atoms with Crippen molar-refractivity contribution in [3.05, 3.63) is 42.0 Å². The molecule has 1 N–H and O–H groups in total. The van der Waals surface area contributed by atoms with E-state index < -0.39 is 0 Å². The largest absolute Gasteiger partial charge is 0.508 e. The molecule has 19 heavy (non-hydrogen) atoms. The summed E-state index contributed by atoms with van der Waals surface area (Å²) in [5.41, 5.74) is 1.44. The smallest absolute Gasteiger partial charge is 0.265 e. The van der Waals surface area contributed by atoms with Gasteiger partial charge in [0.05, 0.1) is 0 Å². The Morgan fingerprint density at radius 2 is 2.00 bits per heavy atom. The van der Waals surface area contributed by atoms with Crippen molar-refractivity contribution in [3.8, 4) is 17.4 Å². The normalized spacial score (nSPS) is 10.8. The Labute approximate surface area is 109 Å². The summed E-state index contributed by atoms with van der Waals surface area (Å²) in [6, 6.07) is 5.00. The van der Waals surface area contributed by atoms with Gasteiger partial charge >= 0.3 is 0 Å². The molecule has 0 saturated heterocycles. The van der Waals surface area contributed by atoms with Gasteiger partial charge in [-0.25, -0.2) is 4.98 Å². The lowest BCUT2D eigenvalue weighted by Gasteiger charge is -2.06. The van der Waals surface area contributed by atoms with Crippen LogP contribution in [-0.2, 0) is 0 Å². The van der Waals surface area contributed by atoms with Gasteiger partial charge in [-0.05, 0) is 31.5 Å². The lowest BCUT2D eigenvalue weighted by molar-refractivity contribution is 0.446. The highest BCUT2D eigenvalue weighted by Gasteiger charge is 2.10. The Balaban J connectivity index is 2.05. The second-order valence-corrected chi connectivity index (χ2v) is 4.28. The summed E-state index contributed by atoms with van der Waals surface area (Å²) in [5.74, 6) is 1.78. The fourth-order valence-electron chi connectivity index (χ4n) is 1.89. The van der Waals surface area contributed by atoms with Crippen LogP contribution in [0.1, 0.15) is 11.4 Å². The van der Waals surface area contributed by atoms with Crippen LogP contribution in [0.3, 0.4) is 0 Å². The molecule has 1 aromatic carbocycles. The molecule has 6 heteroatoms. The summed E-state index contributed by atoms with van der Waals surface area (Å²) < 4.78 is 7.46. The molecule has 3 aromatic rings. The standard InChI is InChI=1S/C13H12N4O2/c1-8-5-10(18)7-11(6-8)19-13-12-16-15-9(2)17(12)4-3-14-13/h3-7,18H,1-2H3. The molecule has 0 atom stereocenters. The van der Waals surface area contributed by atoms with Gasteiger partial charge in [-0.1, -0.05) is 0 Å². The third-order valence-electron chi connectivity index (χ3n) is 2.72. The van der Waals surface area contributed by atoms with E-state index >= 15 is 0 Å². The molecule has 6 nitrogen and oxygen atoms in total. The van der Waals surface area contributed by atoms with Gasteiger partial charge in [0.25, 0.3) is 5.88 Å². The number of aromatic hydroxyl groups is 1. The zero-order valence-electron chi connectivity index (χ0n) is 10.5. The number of aryl methyl sites for hydroxylation is 2. The van der Waals surface area contributed by atoms with Gasteiger partial charge in [-0.3, -0.25) is 4.40 Å². The fraction of sp³-hybridized carbons (Fsp3) is 0.154. The molecule has 0 amide bonds. The van der Waals surface area contributed by atoms with Gasteiger partial charge in [-0.2, -0.15) is 0 Å². The number of phenolic OH excluding ortho intramolecular Hbond substituents is 1. The zero-order chi connectivity index (χ0) is 13.4. The van der Waals surface area contributed by atoms with Gasteiger partial charge in [0.15, 0.2) is 0 Å². The number of hydrogen-bond donors (Lipinski definition) is 1. The molecule has 2 heterocycles. The van der Waals surface area contributed by atoms with Crippen molar-refractivity contribution < 1.29 is 9.84 Å². The van der Waals surface area contributed by atoms with Crippen LogP contribution in [0.4, 0.5) is 0 Å². The third-order valence-corrected chi connectivity index (χ3v) is 2.72. The van der Waals surface area contributed by atoms with Crippen LogP contribution in [0.15, 0.2) is 30.6 Å². The van der Waals surface area contributed by atoms with E-state index in [1.807, 2.05) is 19.9 Å². The van der Waals surface area contributed by atoms with Crippen LogP contribution in [0.25, 0.3) is 5.65 Å². The monoisotopic (exact) mass is 256 g/mol. The summed E-state index contributed by atoms with van der Waals surface area (Å²) >= 11 is 0. The van der Waals surface area contributed by atoms with Crippen molar-refractivity contribution in [1.29, 1.82) is 0 Å². The summed E-state index contributed by atoms with van der Waals surface area (Å²) in [5, 5.41) is 17.6. The minimum Gasteiger partial charge on any atom is -0.508 e. The number of nitrogens with zero attached hydrogens (tertiary/aromatic N) is 4. The molecule has 0 aliphatic carbocycles. The molecule has 0 aliphatic heterocycles. The van der Waals surface area contributed by atoms with Crippen LogP contribution < -0.4 is 4.74 Å². The third kappa shape index (κ3) is 2.08. The van der Waals surface area contributed by atoms with E-state index in [-0.39, 0.29) is 5.75 Å². The Morgan fingerprint density at radius 1 is 1.16 bits per heavy atom. The van der Waals surface area contributed by atoms with E-state index in [2.05, 4.69) is 15.2 Å². The average Bonchev–Trinajstić information content (AvgIpc) is 2.71. The topological polar surface area (TPSA) is 72.5 Å². The molecule has 0 unspecified atom stereocenters. The van der Waals surface area contributed by atoms with Crippen LogP contribution in [0, 0.1) is 13.8 Å². The zero-order valence-corrected chi connectivity index (χ0v) is 10.5. The van der Waals surface area contributed by atoms with E-state index in [0.29, 0.717) is 17.3 Å². The van der Waals surface area contributed by atoms with Crippen LogP contribution in [-0.4, -0.2) is 24.7 Å². The predicted octanol–water partition coefficient (Wildman–Crippen LogP) is 2.24. The molecule has 96 valence electrons. The lowest BCUT2D eigenvalue weighted by Crippen LogP contribution is -1.94. The van der Waals surface area contributed by atoms with Crippen molar-refractivity contribution in [3.63, 3.8) is 0 Å². The molecular formula is C13H12N4O2. The number of rotatable bonds is 2. The van der Waals surface area contributed by atoms with E-state index in [4.69, 9.17) is 4.74 Å². The first-order valence-electron chi connectivity index (χ1n) is 5.78. The lowest BCUT2D eigenvalue weighted by atomic mass is 10.2. The first-order valence-corrected chi connectivity index (χ1v) is 5.78. The second kappa shape index (κ2) is 4.24. The molecule has 0 bridgehead atoms. The first-order chi connectivity index (χ1) is 9.13. The average molecular weight is 256 g/mol. The minimum atomic E-state index is 0.152. The Bertz CT molecular complexity index is 731. The Morgan fingerprint density at radius 3 is 2.79 bits per heavy atom. The van der Waals surface area contributed by atoms with E-state index in [1.165, 1.54) is 6.07 Å². The van der Waals surface area contributed by atoms with E-state index in [9.17, 15) is 5.11 Å². The summed E-state index contributed by atoms with van der Waals surface area (Å²) in [7, 11) is 0. The second-order valence-electron chi connectivity index (χ2n) is 4.28. The molecule has 0 radical (unpaired) electrons. The number of benzene rings is 1. The molecule has 2 aromatic heterocycles. The van der Waals surface area contributed by atoms with Crippen molar-refractivity contribution in [2.45, 2.75) is 13.8 Å². The van der Waals surface area contributed by atoms with Crippen molar-refractivity contribution in [2.24, 2.45) is 0 Å². The van der Waals surface area contributed by atoms with Crippen LogP contribution >= 0.6 is 0 Å². The Kier molecular flexibility index (Phi) is 2.56. The van der Waals surface area contributed by atoms with Gasteiger partial charge in [0, 0.05) is 18.5 Å². The highest BCUT2D eigenvalue weighted by Crippen LogP contribution is 2.27. The Hall–Kier alpha value is -2.63. The number of aromatic nitrogens is 4. The number of hydrogen-bond acceptors (Lipinski definition) is 5. The number of phenols is 1. The summed E-state index contributed by atoms with van der Waals surface area (Å²) in [4.78, 5) is 4.15. The summed E-state index contributed by atoms with van der Waals surface area (Å²) in [6.45, 7) is 3.73. The van der Waals surface area contributed by atoms with Crippen molar-refractivity contribution in [1.82, 2.24) is 19.6 Å². The van der Waals surface area contributed by atoms with Crippen molar-refractivity contribution >= 4 is 5.65 Å². The van der Waals surface area contributed by atoms with Crippen molar-refractivity contribution in [2.75, 3.05) is 0 Å². The quantitative estimate of drug-likeness (QED) is 0.761. The molecule has 0 spiro atoms. The van der Waals surface area contributed by atoms with Gasteiger partial charge in [0.2, 0.25) is 5.65 Å². The molecule has 0 fully saturated rings. The summed E-state index contributed by atoms with van der Waals surface area (Å²) in [6.07, 6.45) is 3.39. The highest BCUT2D eigenvalue weighted by atomic mass is 16.5. The maximum atomic E-state index is 9.56. The van der Waals surface area contributed by atoms with Gasteiger partial charge in [0.1, 0.15) is 17.3 Å². The fourth-order valence-corrected chi connectivity index (χ4v) is 1.89. The maximum absolute atomic E-state index is 9.56. The van der Waals surface area contributed by atoms with Crippen LogP contribution in [0.5, 0.6) is 17.4 Å². The van der Waals surface area contributed by atoms with E-state index in [0.717, 1.165) is 11.4 Å². The van der Waals surface area contributed by atoms with E-state index in [1.54, 1.807) is 22.9 Å². The van der Waals surface area contributed by atoms with Gasteiger partial charge < -0.3 is 9.84 Å². The minimum absolute atomic E-state index is 0.152. The molecule has 3 rings (SSSR count). The van der Waals surface area contributed by atoms with Gasteiger partial charge in [-0.15, -0.1) is 10.2 Å². The highest BCUT2D eigenvalue weighted by molar-refractivity contribution is 5.51. The number of fused-ring (bicyclic) bond motifs is 1. The molecule has 0 aliphatic rings. The number of ether oxygens (including phenoxy) is 1.